The molecule has 7 nitrogen and oxygen atoms in total. The Bertz CT molecular complexity index is 985. The number of amides is 3. The molecule has 0 fully saturated rings. The quantitative estimate of drug-likeness (QED) is 0.500. The first-order valence-electron chi connectivity index (χ1n) is 10.1. The van der Waals surface area contributed by atoms with Gasteiger partial charge in [0.1, 0.15) is 5.76 Å². The second-order valence-corrected chi connectivity index (χ2v) is 6.89. The maximum Gasteiger partial charge on any atom is 0.315 e. The summed E-state index contributed by atoms with van der Waals surface area (Å²) in [6.45, 7) is 5.01. The van der Waals surface area contributed by atoms with Gasteiger partial charge in [0.05, 0.1) is 12.6 Å². The van der Waals surface area contributed by atoms with Crippen LogP contribution in [0.25, 0.3) is 11.0 Å². The first-order chi connectivity index (χ1) is 14.6. The molecule has 0 radical (unpaired) electrons. The van der Waals surface area contributed by atoms with Crippen LogP contribution in [0.15, 0.2) is 59.0 Å². The number of carbonyl (C=O) groups excluding carboxylic acids is 2. The van der Waals surface area contributed by atoms with Crippen molar-refractivity contribution in [3.05, 3.63) is 65.9 Å². The van der Waals surface area contributed by atoms with Gasteiger partial charge in [0, 0.05) is 24.9 Å². The van der Waals surface area contributed by atoms with Crippen molar-refractivity contribution in [1.82, 2.24) is 16.0 Å². The molecule has 3 N–H and O–H groups in total. The lowest BCUT2D eigenvalue weighted by Gasteiger charge is -2.12. The molecule has 1 aromatic heterocycles. The molecular formula is C23H27N3O4. The monoisotopic (exact) mass is 409 g/mol. The molecule has 0 aliphatic heterocycles. The minimum atomic E-state index is -0.358. The second-order valence-electron chi connectivity index (χ2n) is 6.89. The summed E-state index contributed by atoms with van der Waals surface area (Å²) in [5.41, 5.74) is 1.70. The third kappa shape index (κ3) is 5.76. The maximum atomic E-state index is 12.2. The Balaban J connectivity index is 1.44. The number of nitrogens with one attached hydrogen (secondary N) is 3. The van der Waals surface area contributed by atoms with Gasteiger partial charge in [-0.25, -0.2) is 4.79 Å². The van der Waals surface area contributed by atoms with E-state index in [-0.39, 0.29) is 30.9 Å². The van der Waals surface area contributed by atoms with Crippen LogP contribution in [-0.4, -0.2) is 25.1 Å². The van der Waals surface area contributed by atoms with E-state index in [4.69, 9.17) is 9.15 Å². The molecule has 0 aliphatic carbocycles. The largest absolute Gasteiger partial charge is 0.490 e. The molecule has 3 aromatic rings. The van der Waals surface area contributed by atoms with Gasteiger partial charge in [-0.1, -0.05) is 42.5 Å². The van der Waals surface area contributed by atoms with Crippen LogP contribution >= 0.6 is 0 Å². The van der Waals surface area contributed by atoms with E-state index in [1.807, 2.05) is 68.4 Å². The van der Waals surface area contributed by atoms with E-state index in [2.05, 4.69) is 16.0 Å². The van der Waals surface area contributed by atoms with Gasteiger partial charge in [0.15, 0.2) is 11.3 Å². The Labute approximate surface area is 175 Å². The SMILES string of the molecule is CCOc1cccc2cc(C(C)NC(=O)NCCC(=O)NCc3ccccc3)oc12. The molecule has 3 rings (SSSR count). The number of urea groups is 1. The van der Waals surface area contributed by atoms with Gasteiger partial charge < -0.3 is 25.1 Å². The van der Waals surface area contributed by atoms with Crippen LogP contribution in [-0.2, 0) is 11.3 Å². The van der Waals surface area contributed by atoms with Gasteiger partial charge in [-0.05, 0) is 31.5 Å². The average Bonchev–Trinajstić information content (AvgIpc) is 3.19. The van der Waals surface area contributed by atoms with Crippen molar-refractivity contribution in [3.8, 4) is 5.75 Å². The number of furan rings is 1. The molecule has 30 heavy (non-hydrogen) atoms. The lowest BCUT2D eigenvalue weighted by atomic mass is 10.2. The third-order valence-electron chi connectivity index (χ3n) is 4.57. The second kappa shape index (κ2) is 10.3. The average molecular weight is 409 g/mol. The summed E-state index contributed by atoms with van der Waals surface area (Å²) in [5.74, 6) is 1.19. The van der Waals surface area contributed by atoms with Crippen LogP contribution in [0, 0.1) is 0 Å². The zero-order valence-electron chi connectivity index (χ0n) is 17.2. The fourth-order valence-electron chi connectivity index (χ4n) is 3.03. The van der Waals surface area contributed by atoms with Crippen molar-refractivity contribution in [2.24, 2.45) is 0 Å². The van der Waals surface area contributed by atoms with E-state index >= 15 is 0 Å². The Kier molecular flexibility index (Phi) is 7.32. The minimum absolute atomic E-state index is 0.118. The van der Waals surface area contributed by atoms with E-state index in [1.54, 1.807) is 0 Å². The molecule has 1 unspecified atom stereocenters. The van der Waals surface area contributed by atoms with Crippen LogP contribution in [0.3, 0.4) is 0 Å². The molecule has 0 saturated carbocycles. The molecule has 1 atom stereocenters. The van der Waals surface area contributed by atoms with Crippen LogP contribution in [0.2, 0.25) is 0 Å². The summed E-state index contributed by atoms with van der Waals surface area (Å²) in [7, 11) is 0. The Morgan fingerprint density at radius 3 is 2.63 bits per heavy atom. The topological polar surface area (TPSA) is 92.6 Å². The summed E-state index contributed by atoms with van der Waals surface area (Å²) in [6, 6.07) is 16.6. The standard InChI is InChI=1S/C23H27N3O4/c1-3-29-19-11-7-10-18-14-20(30-22(18)19)16(2)26-23(28)24-13-12-21(27)25-15-17-8-5-4-6-9-17/h4-11,14,16H,3,12-13,15H2,1-2H3,(H,25,27)(H2,24,26,28). The van der Waals surface area contributed by atoms with E-state index in [1.165, 1.54) is 0 Å². The summed E-state index contributed by atoms with van der Waals surface area (Å²) >= 11 is 0. The first-order valence-corrected chi connectivity index (χ1v) is 10.1. The van der Waals surface area contributed by atoms with E-state index < -0.39 is 0 Å². The Morgan fingerprint density at radius 2 is 1.87 bits per heavy atom. The maximum absolute atomic E-state index is 12.2. The number of para-hydroxylation sites is 1. The number of fused-ring (bicyclic) bond motifs is 1. The fourth-order valence-corrected chi connectivity index (χ4v) is 3.03. The van der Waals surface area contributed by atoms with Crippen LogP contribution in [0.1, 0.15) is 37.6 Å². The predicted octanol–water partition coefficient (Wildman–Crippen LogP) is 3.90. The lowest BCUT2D eigenvalue weighted by molar-refractivity contribution is -0.121. The van der Waals surface area contributed by atoms with Crippen molar-refractivity contribution in [1.29, 1.82) is 0 Å². The molecule has 158 valence electrons. The van der Waals surface area contributed by atoms with Crippen molar-refractivity contribution in [2.75, 3.05) is 13.2 Å². The highest BCUT2D eigenvalue weighted by Crippen LogP contribution is 2.31. The molecule has 0 aliphatic rings. The normalized spacial score (nSPS) is 11.7. The highest BCUT2D eigenvalue weighted by Gasteiger charge is 2.16. The van der Waals surface area contributed by atoms with Gasteiger partial charge >= 0.3 is 6.03 Å². The Morgan fingerprint density at radius 1 is 1.07 bits per heavy atom. The minimum Gasteiger partial charge on any atom is -0.490 e. The first kappa shape index (κ1) is 21.2. The molecule has 0 bridgehead atoms. The van der Waals surface area contributed by atoms with Crippen molar-refractivity contribution in [2.45, 2.75) is 32.9 Å². The zero-order chi connectivity index (χ0) is 21.3. The Hall–Kier alpha value is -3.48. The van der Waals surface area contributed by atoms with Crippen molar-refractivity contribution >= 4 is 22.9 Å². The predicted molar refractivity (Wildman–Crippen MR) is 115 cm³/mol. The number of hydrogen-bond donors (Lipinski definition) is 3. The number of rotatable bonds is 9. The van der Waals surface area contributed by atoms with Crippen molar-refractivity contribution < 1.29 is 18.7 Å². The van der Waals surface area contributed by atoms with Crippen LogP contribution < -0.4 is 20.7 Å². The van der Waals surface area contributed by atoms with Gasteiger partial charge in [0.25, 0.3) is 0 Å². The molecule has 0 spiro atoms. The molecule has 0 saturated heterocycles. The van der Waals surface area contributed by atoms with E-state index in [0.29, 0.717) is 30.2 Å². The fraction of sp³-hybridized carbons (Fsp3) is 0.304. The third-order valence-corrected chi connectivity index (χ3v) is 4.57. The molecular weight excluding hydrogens is 382 g/mol. The number of hydrogen-bond acceptors (Lipinski definition) is 4. The van der Waals surface area contributed by atoms with Crippen molar-refractivity contribution in [3.63, 3.8) is 0 Å². The highest BCUT2D eigenvalue weighted by molar-refractivity contribution is 5.84. The number of ether oxygens (including phenoxy) is 1. The summed E-state index contributed by atoms with van der Waals surface area (Å²) < 4.78 is 11.5. The van der Waals surface area contributed by atoms with Gasteiger partial charge in [0.2, 0.25) is 5.91 Å². The van der Waals surface area contributed by atoms with Crippen LogP contribution in [0.4, 0.5) is 4.79 Å². The lowest BCUT2D eigenvalue weighted by Crippen LogP contribution is -2.38. The van der Waals surface area contributed by atoms with Crippen LogP contribution in [0.5, 0.6) is 5.75 Å². The summed E-state index contributed by atoms with van der Waals surface area (Å²) in [5, 5.41) is 9.27. The van der Waals surface area contributed by atoms with Gasteiger partial charge in [-0.2, -0.15) is 0 Å². The molecule has 2 aromatic carbocycles. The molecule has 1 heterocycles. The van der Waals surface area contributed by atoms with E-state index in [9.17, 15) is 9.59 Å². The highest BCUT2D eigenvalue weighted by atomic mass is 16.5. The van der Waals surface area contributed by atoms with Gasteiger partial charge in [-0.15, -0.1) is 0 Å². The van der Waals surface area contributed by atoms with E-state index in [0.717, 1.165) is 10.9 Å². The number of benzene rings is 2. The zero-order valence-corrected chi connectivity index (χ0v) is 17.2. The summed E-state index contributed by atoms with van der Waals surface area (Å²) in [6.07, 6.45) is 0.205. The number of carbonyl (C=O) groups is 2. The molecule has 3 amide bonds. The van der Waals surface area contributed by atoms with Gasteiger partial charge in [-0.3, -0.25) is 4.79 Å². The summed E-state index contributed by atoms with van der Waals surface area (Å²) in [4.78, 5) is 24.1. The smallest absolute Gasteiger partial charge is 0.315 e. The molecule has 7 heteroatoms.